The molecular formula is C12H22O5Si3. The summed E-state index contributed by atoms with van der Waals surface area (Å²) in [7, 11) is -7.97. The number of rotatable bonds is 5. The molecule has 0 saturated carbocycles. The smallest absolute Gasteiger partial charge is 0.424 e. The van der Waals surface area contributed by atoms with Crippen LogP contribution in [0.5, 0.6) is 0 Å². The highest BCUT2D eigenvalue weighted by atomic mass is 29.2. The van der Waals surface area contributed by atoms with Gasteiger partial charge in [0.2, 0.25) is 7.83 Å². The van der Waals surface area contributed by atoms with Gasteiger partial charge in [-0.2, -0.15) is 0 Å². The van der Waals surface area contributed by atoms with Gasteiger partial charge >= 0.3 is 9.05 Å². The van der Waals surface area contributed by atoms with Gasteiger partial charge in [0, 0.05) is 12.1 Å². The second-order valence-corrected chi connectivity index (χ2v) is 15.7. The van der Waals surface area contributed by atoms with Crippen molar-refractivity contribution in [1.29, 1.82) is 0 Å². The van der Waals surface area contributed by atoms with Crippen LogP contribution in [0, 0.1) is 0 Å². The molecule has 0 aliphatic carbocycles. The monoisotopic (exact) mass is 330 g/mol. The summed E-state index contributed by atoms with van der Waals surface area (Å²) >= 11 is 0. The molecule has 1 aromatic rings. The molecule has 8 heteroatoms. The van der Waals surface area contributed by atoms with Crippen molar-refractivity contribution < 1.29 is 22.9 Å². The quantitative estimate of drug-likeness (QED) is 0.667. The van der Waals surface area contributed by atoms with Crippen molar-refractivity contribution in [2.24, 2.45) is 0 Å². The van der Waals surface area contributed by atoms with Crippen molar-refractivity contribution in [1.82, 2.24) is 0 Å². The van der Waals surface area contributed by atoms with Gasteiger partial charge in [0.05, 0.1) is 0 Å². The van der Waals surface area contributed by atoms with E-state index in [1.54, 1.807) is 0 Å². The molecule has 2 rings (SSSR count). The molecule has 0 radical (unpaired) electrons. The second-order valence-electron chi connectivity index (χ2n) is 5.27. The third kappa shape index (κ3) is 3.86. The van der Waals surface area contributed by atoms with Gasteiger partial charge in [-0.15, -0.1) is 0 Å². The first-order valence-electron chi connectivity index (χ1n) is 6.97. The van der Waals surface area contributed by atoms with Gasteiger partial charge in [-0.3, -0.25) is 0 Å². The summed E-state index contributed by atoms with van der Waals surface area (Å²) in [5.41, 5.74) is 1.30. The molecule has 1 saturated heterocycles. The Morgan fingerprint density at radius 1 is 1.35 bits per heavy atom. The highest BCUT2D eigenvalue weighted by molar-refractivity contribution is 7.21. The van der Waals surface area contributed by atoms with Gasteiger partial charge in [-0.1, -0.05) is 37.3 Å². The predicted molar refractivity (Wildman–Crippen MR) is 82.6 cm³/mol. The second kappa shape index (κ2) is 6.62. The molecule has 0 spiro atoms. The fourth-order valence-electron chi connectivity index (χ4n) is 3.09. The van der Waals surface area contributed by atoms with Gasteiger partial charge in [-0.05, 0) is 24.4 Å². The van der Waals surface area contributed by atoms with Gasteiger partial charge < -0.3 is 22.9 Å². The normalized spacial score (nSPS) is 26.6. The van der Waals surface area contributed by atoms with Gasteiger partial charge in [0.15, 0.2) is 9.28 Å². The van der Waals surface area contributed by atoms with E-state index in [0.717, 1.165) is 31.1 Å². The molecule has 2 atom stereocenters. The van der Waals surface area contributed by atoms with E-state index in [1.165, 1.54) is 0 Å². The van der Waals surface area contributed by atoms with E-state index in [-0.39, 0.29) is 5.54 Å². The minimum Gasteiger partial charge on any atom is -0.424 e. The van der Waals surface area contributed by atoms with Crippen molar-refractivity contribution in [3.63, 3.8) is 0 Å². The third-order valence-electron chi connectivity index (χ3n) is 3.82. The third-order valence-corrected chi connectivity index (χ3v) is 16.7. The first kappa shape index (κ1) is 16.0. The van der Waals surface area contributed by atoms with Crippen molar-refractivity contribution in [3.05, 3.63) is 35.9 Å². The van der Waals surface area contributed by atoms with Gasteiger partial charge in [0.1, 0.15) is 0 Å². The molecule has 3 N–H and O–H groups in total. The fourth-order valence-corrected chi connectivity index (χ4v) is 17.3. The number of benzene rings is 1. The van der Waals surface area contributed by atoms with Gasteiger partial charge in [0.25, 0.3) is 0 Å². The topological polar surface area (TPSA) is 79.2 Å². The molecule has 5 nitrogen and oxygen atoms in total. The van der Waals surface area contributed by atoms with E-state index in [1.807, 2.05) is 30.3 Å². The summed E-state index contributed by atoms with van der Waals surface area (Å²) in [4.78, 5) is 28.4. The van der Waals surface area contributed by atoms with Gasteiger partial charge in [-0.25, -0.2) is 0 Å². The summed E-state index contributed by atoms with van der Waals surface area (Å²) in [6.45, 7) is 2.81. The molecule has 1 heterocycles. The molecular weight excluding hydrogens is 308 g/mol. The molecule has 1 aliphatic heterocycles. The maximum absolute atomic E-state index is 9.46. The van der Waals surface area contributed by atoms with E-state index in [0.29, 0.717) is 0 Å². The summed E-state index contributed by atoms with van der Waals surface area (Å²) in [5.74, 6) is 0. The largest absolute Gasteiger partial charge is 0.660 e. The Morgan fingerprint density at radius 3 is 2.55 bits per heavy atom. The predicted octanol–water partition coefficient (Wildman–Crippen LogP) is 0.0948. The Balaban J connectivity index is 2.33. The zero-order valence-corrected chi connectivity index (χ0v) is 15.1. The van der Waals surface area contributed by atoms with Crippen LogP contribution >= 0.6 is 0 Å². The average Bonchev–Trinajstić information content (AvgIpc) is 2.39. The number of hydrogen-bond donors (Lipinski definition) is 3. The first-order valence-corrected chi connectivity index (χ1v) is 13.8. The molecule has 0 bridgehead atoms. The minimum absolute atomic E-state index is 0.147. The van der Waals surface area contributed by atoms with Crippen molar-refractivity contribution >= 4 is 26.2 Å². The van der Waals surface area contributed by atoms with Crippen LogP contribution in [0.4, 0.5) is 0 Å². The Kier molecular flexibility index (Phi) is 5.31. The first-order chi connectivity index (χ1) is 9.47. The average molecular weight is 331 g/mol. The molecule has 1 fully saturated rings. The lowest BCUT2D eigenvalue weighted by molar-refractivity contribution is 0.121. The van der Waals surface area contributed by atoms with E-state index in [2.05, 4.69) is 6.92 Å². The molecule has 112 valence electrons. The van der Waals surface area contributed by atoms with Crippen molar-refractivity contribution in [3.8, 4) is 0 Å². The molecule has 2 unspecified atom stereocenters. The fraction of sp³-hybridized carbons (Fsp3) is 0.500. The summed E-state index contributed by atoms with van der Waals surface area (Å²) < 4.78 is 11.3. The maximum Gasteiger partial charge on any atom is 0.660 e. The zero-order valence-electron chi connectivity index (χ0n) is 11.7. The lowest BCUT2D eigenvalue weighted by atomic mass is 10.1. The maximum atomic E-state index is 9.46. The Morgan fingerprint density at radius 2 is 2.05 bits per heavy atom. The van der Waals surface area contributed by atoms with E-state index < -0.39 is 26.2 Å². The minimum atomic E-state index is -4.51. The molecule has 20 heavy (non-hydrogen) atoms. The van der Waals surface area contributed by atoms with E-state index in [9.17, 15) is 14.4 Å². The summed E-state index contributed by atoms with van der Waals surface area (Å²) in [5, 5.41) is 0. The van der Waals surface area contributed by atoms with Crippen LogP contribution in [0.2, 0.25) is 6.04 Å². The number of hydrogen-bond acceptors (Lipinski definition) is 5. The standard InChI is InChI=1S/C12H22O5Si3/c1-2-12(11-7-4-3-5-8-11)19(17-20(13,14)15)10-6-9-16-18-19/h3-5,7-8,12-15H,2,6,9-10,18H2,1H3. The van der Waals surface area contributed by atoms with Crippen LogP contribution in [0.25, 0.3) is 0 Å². The van der Waals surface area contributed by atoms with Crippen molar-refractivity contribution in [2.75, 3.05) is 6.61 Å². The Labute approximate surface area is 123 Å². The molecule has 0 aromatic heterocycles. The van der Waals surface area contributed by atoms with Crippen LogP contribution in [-0.2, 0) is 8.54 Å². The van der Waals surface area contributed by atoms with Crippen LogP contribution in [0.15, 0.2) is 30.3 Å². The summed E-state index contributed by atoms with van der Waals surface area (Å²) in [6.07, 6.45) is 1.73. The molecule has 1 aliphatic rings. The highest BCUT2D eigenvalue weighted by Gasteiger charge is 2.52. The van der Waals surface area contributed by atoms with Crippen molar-refractivity contribution in [2.45, 2.75) is 31.4 Å². The molecule has 1 aromatic carbocycles. The lowest BCUT2D eigenvalue weighted by Gasteiger charge is -2.41. The van der Waals surface area contributed by atoms with E-state index in [4.69, 9.17) is 8.54 Å². The van der Waals surface area contributed by atoms with Crippen LogP contribution in [0.1, 0.15) is 30.9 Å². The SMILES string of the molecule is CCC(c1ccccc1)[Si]1(O[Si](O)(O)O)CCCO[SiH2]1. The molecule has 0 amide bonds. The van der Waals surface area contributed by atoms with E-state index >= 15 is 0 Å². The van der Waals surface area contributed by atoms with Crippen LogP contribution < -0.4 is 0 Å². The Hall–Kier alpha value is -0.329. The van der Waals surface area contributed by atoms with Crippen LogP contribution in [0.3, 0.4) is 0 Å². The van der Waals surface area contributed by atoms with Crippen LogP contribution in [-0.4, -0.2) is 47.2 Å². The zero-order chi connectivity index (χ0) is 14.6. The lowest BCUT2D eigenvalue weighted by Crippen LogP contribution is -2.62. The summed E-state index contributed by atoms with van der Waals surface area (Å²) in [6, 6.07) is 10.8. The Bertz CT molecular complexity index is 417. The highest BCUT2D eigenvalue weighted by Crippen LogP contribution is 2.36.